The van der Waals surface area contributed by atoms with Crippen LogP contribution >= 0.6 is 15.9 Å². The predicted octanol–water partition coefficient (Wildman–Crippen LogP) is 1.13. The normalized spacial score (nSPS) is 12.2. The van der Waals surface area contributed by atoms with Crippen molar-refractivity contribution < 1.29 is 14.6 Å². The third-order valence-corrected chi connectivity index (χ3v) is 1.67. The third-order valence-electron chi connectivity index (χ3n) is 1.24. The number of hydrogen-bond donors (Lipinski definition) is 1. The summed E-state index contributed by atoms with van der Waals surface area (Å²) in [5, 5.41) is 8.84. The van der Waals surface area contributed by atoms with Crippen LogP contribution < -0.4 is 4.74 Å². The van der Waals surface area contributed by atoms with Crippen LogP contribution in [-0.2, 0) is 4.79 Å². The van der Waals surface area contributed by atoms with E-state index >= 15 is 0 Å². The quantitative estimate of drug-likeness (QED) is 0.794. The molecule has 0 radical (unpaired) electrons. The fourth-order valence-electron chi connectivity index (χ4n) is 0.650. The largest absolute Gasteiger partial charge is 0.423 e. The molecule has 0 aliphatic heterocycles. The molecule has 0 saturated heterocycles. The highest BCUT2D eigenvalue weighted by molar-refractivity contribution is 9.10. The second-order valence-corrected chi connectivity index (χ2v) is 3.35. The van der Waals surface area contributed by atoms with E-state index in [9.17, 15) is 4.79 Å². The first kappa shape index (κ1) is 10.1. The highest BCUT2D eigenvalue weighted by Crippen LogP contribution is 2.16. The lowest BCUT2D eigenvalue weighted by molar-refractivity contribution is -0.142. The number of aliphatic hydroxyl groups is 1. The van der Waals surface area contributed by atoms with Crippen LogP contribution in [-0.4, -0.2) is 22.2 Å². The lowest BCUT2D eigenvalue weighted by atomic mass is 10.4. The van der Waals surface area contributed by atoms with Gasteiger partial charge in [0.15, 0.2) is 0 Å². The van der Waals surface area contributed by atoms with Crippen LogP contribution in [0, 0.1) is 0 Å². The van der Waals surface area contributed by atoms with Crippen molar-refractivity contribution in [2.45, 2.75) is 13.0 Å². The molecule has 1 atom stereocenters. The van der Waals surface area contributed by atoms with Gasteiger partial charge in [0.1, 0.15) is 11.9 Å². The second-order valence-electron chi connectivity index (χ2n) is 2.44. The summed E-state index contributed by atoms with van der Waals surface area (Å²) in [7, 11) is 0. The molecule has 0 fully saturated rings. The van der Waals surface area contributed by atoms with E-state index in [4.69, 9.17) is 9.84 Å². The summed E-state index contributed by atoms with van der Waals surface area (Å²) in [5.41, 5.74) is 0. The van der Waals surface area contributed by atoms with E-state index in [-0.39, 0.29) is 0 Å². The van der Waals surface area contributed by atoms with Crippen LogP contribution in [0.15, 0.2) is 22.9 Å². The Bertz CT molecular complexity index is 314. The molecule has 1 N–H and O–H groups in total. The summed E-state index contributed by atoms with van der Waals surface area (Å²) in [6.45, 7) is 1.34. The molecule has 1 heterocycles. The van der Waals surface area contributed by atoms with Gasteiger partial charge in [-0.2, -0.15) is 0 Å². The minimum absolute atomic E-state index is 0.306. The van der Waals surface area contributed by atoms with Gasteiger partial charge >= 0.3 is 5.97 Å². The molecule has 13 heavy (non-hydrogen) atoms. The summed E-state index contributed by atoms with van der Waals surface area (Å²) in [6.07, 6.45) is 1.84. The van der Waals surface area contributed by atoms with E-state index in [1.807, 2.05) is 0 Å². The molecule has 70 valence electrons. The average molecular weight is 246 g/mol. The Balaban J connectivity index is 2.69. The predicted molar refractivity (Wildman–Crippen MR) is 49.3 cm³/mol. The number of aliphatic hydroxyl groups excluding tert-OH is 1. The van der Waals surface area contributed by atoms with Crippen molar-refractivity contribution in [3.8, 4) is 5.75 Å². The molecular formula is C8H8BrNO3. The van der Waals surface area contributed by atoms with Crippen molar-refractivity contribution in [1.29, 1.82) is 0 Å². The molecule has 1 aromatic rings. The third kappa shape index (κ3) is 3.12. The Kier molecular flexibility index (Phi) is 3.39. The molecule has 0 saturated carbocycles. The molecule has 5 heteroatoms. The summed E-state index contributed by atoms with van der Waals surface area (Å²) < 4.78 is 5.49. The Morgan fingerprint density at radius 3 is 2.92 bits per heavy atom. The number of hydrogen-bond acceptors (Lipinski definition) is 4. The topological polar surface area (TPSA) is 59.4 Å². The fraction of sp³-hybridized carbons (Fsp3) is 0.250. The summed E-state index contributed by atoms with van der Waals surface area (Å²) in [5.74, 6) is -0.389. The molecule has 0 bridgehead atoms. The molecule has 0 spiro atoms. The zero-order valence-corrected chi connectivity index (χ0v) is 8.48. The highest BCUT2D eigenvalue weighted by atomic mass is 79.9. The van der Waals surface area contributed by atoms with Crippen LogP contribution in [0.5, 0.6) is 5.75 Å². The van der Waals surface area contributed by atoms with Gasteiger partial charge in [0, 0.05) is 10.7 Å². The first-order valence-corrected chi connectivity index (χ1v) is 4.39. The number of carbonyl (C=O) groups excluding carboxylic acids is 1. The Hall–Kier alpha value is -0.940. The summed E-state index contributed by atoms with van der Waals surface area (Å²) in [6, 6.07) is 1.59. The zero-order valence-electron chi connectivity index (χ0n) is 6.90. The molecule has 1 aromatic heterocycles. The minimum atomic E-state index is -1.13. The van der Waals surface area contributed by atoms with Gasteiger partial charge < -0.3 is 9.84 Å². The number of rotatable bonds is 2. The Labute approximate surface area is 83.7 Å². The van der Waals surface area contributed by atoms with Crippen LogP contribution in [0.25, 0.3) is 0 Å². The van der Waals surface area contributed by atoms with Crippen molar-refractivity contribution in [3.63, 3.8) is 0 Å². The van der Waals surface area contributed by atoms with Gasteiger partial charge in [-0.3, -0.25) is 4.98 Å². The number of esters is 1. The van der Waals surface area contributed by atoms with Gasteiger partial charge in [-0.15, -0.1) is 0 Å². The molecule has 0 amide bonds. The Morgan fingerprint density at radius 2 is 2.38 bits per heavy atom. The minimum Gasteiger partial charge on any atom is -0.423 e. The maximum absolute atomic E-state index is 10.9. The number of nitrogens with zero attached hydrogens (tertiary/aromatic N) is 1. The Morgan fingerprint density at radius 1 is 1.69 bits per heavy atom. The number of aromatic nitrogens is 1. The number of carbonyl (C=O) groups is 1. The van der Waals surface area contributed by atoms with Gasteiger partial charge in [0.2, 0.25) is 0 Å². The van der Waals surface area contributed by atoms with Gasteiger partial charge in [0.25, 0.3) is 0 Å². The number of ether oxygens (including phenoxy) is 1. The molecule has 4 nitrogen and oxygen atoms in total. The molecule has 0 unspecified atom stereocenters. The van der Waals surface area contributed by atoms with Crippen molar-refractivity contribution in [3.05, 3.63) is 22.9 Å². The maximum Gasteiger partial charge on any atom is 0.340 e. The van der Waals surface area contributed by atoms with Crippen molar-refractivity contribution in [2.24, 2.45) is 0 Å². The summed E-state index contributed by atoms with van der Waals surface area (Å²) >= 11 is 3.17. The molecule has 1 rings (SSSR count). The van der Waals surface area contributed by atoms with Gasteiger partial charge in [0.05, 0.1) is 6.20 Å². The molecule has 0 aliphatic rings. The van der Waals surface area contributed by atoms with Gasteiger partial charge in [-0.05, 0) is 28.9 Å². The maximum atomic E-state index is 10.9. The van der Waals surface area contributed by atoms with E-state index in [1.54, 1.807) is 12.3 Å². The van der Waals surface area contributed by atoms with Crippen LogP contribution in [0.1, 0.15) is 6.92 Å². The van der Waals surface area contributed by atoms with Gasteiger partial charge in [-0.25, -0.2) is 4.79 Å². The zero-order chi connectivity index (χ0) is 9.84. The molecular weight excluding hydrogens is 238 g/mol. The van der Waals surface area contributed by atoms with Crippen LogP contribution in [0.3, 0.4) is 0 Å². The van der Waals surface area contributed by atoms with E-state index in [2.05, 4.69) is 20.9 Å². The lowest BCUT2D eigenvalue weighted by Crippen LogP contribution is -2.22. The summed E-state index contributed by atoms with van der Waals surface area (Å²) in [4.78, 5) is 14.7. The first-order valence-electron chi connectivity index (χ1n) is 3.60. The number of pyridine rings is 1. The van der Waals surface area contributed by atoms with Crippen molar-refractivity contribution in [2.75, 3.05) is 0 Å². The van der Waals surface area contributed by atoms with E-state index in [1.165, 1.54) is 13.1 Å². The lowest BCUT2D eigenvalue weighted by Gasteiger charge is -2.05. The smallest absolute Gasteiger partial charge is 0.340 e. The van der Waals surface area contributed by atoms with E-state index in [0.717, 1.165) is 0 Å². The SMILES string of the molecule is C[C@@H](O)C(=O)Oc1cncc(Br)c1. The van der Waals surface area contributed by atoms with Crippen LogP contribution in [0.4, 0.5) is 0 Å². The van der Waals surface area contributed by atoms with E-state index in [0.29, 0.717) is 10.2 Å². The first-order chi connectivity index (χ1) is 6.09. The standard InChI is InChI=1S/C8H8BrNO3/c1-5(11)8(12)13-7-2-6(9)3-10-4-7/h2-5,11H,1H3/t5-/m1/s1. The van der Waals surface area contributed by atoms with Crippen molar-refractivity contribution >= 4 is 21.9 Å². The highest BCUT2D eigenvalue weighted by Gasteiger charge is 2.11. The van der Waals surface area contributed by atoms with Crippen LogP contribution in [0.2, 0.25) is 0 Å². The van der Waals surface area contributed by atoms with Gasteiger partial charge in [-0.1, -0.05) is 0 Å². The average Bonchev–Trinajstić information content (AvgIpc) is 2.04. The number of halogens is 1. The monoisotopic (exact) mass is 245 g/mol. The van der Waals surface area contributed by atoms with Crippen molar-refractivity contribution in [1.82, 2.24) is 4.98 Å². The fourth-order valence-corrected chi connectivity index (χ4v) is 0.993. The molecule has 0 aliphatic carbocycles. The van der Waals surface area contributed by atoms with E-state index < -0.39 is 12.1 Å². The second kappa shape index (κ2) is 4.34. The molecule has 0 aromatic carbocycles.